The largest absolute Gasteiger partial charge is 0.463 e. The molecule has 1 aliphatic rings. The van der Waals surface area contributed by atoms with Crippen LogP contribution in [0.5, 0.6) is 0 Å². The minimum atomic E-state index is -1.23. The maximum absolute atomic E-state index is 12.0. The lowest BCUT2D eigenvalue weighted by Gasteiger charge is -2.44. The van der Waals surface area contributed by atoms with Gasteiger partial charge in [0.1, 0.15) is 12.7 Å². The van der Waals surface area contributed by atoms with Crippen molar-refractivity contribution in [2.24, 2.45) is 0 Å². The molecule has 0 bridgehead atoms. The second-order valence-electron chi connectivity index (χ2n) is 12.7. The van der Waals surface area contributed by atoms with Gasteiger partial charge >= 0.3 is 23.9 Å². The molecule has 12 heteroatoms. The monoisotopic (exact) mass is 686 g/mol. The van der Waals surface area contributed by atoms with Crippen molar-refractivity contribution in [2.75, 3.05) is 52.5 Å². The molecule has 0 radical (unpaired) electrons. The standard InChI is InChI=1S/C36H66N2O10/c1-8-11-12-13-14-15-16-17-18-19-22-37(9-2)23-20-24-38(10-3)25-21-26-43-36-35(47-31(7)42)34(46-30(6)41)33(45-29(5)40)32(48-36)27-44-28(4)39/h32-36H,8-27H2,1-7H3. The van der Waals surface area contributed by atoms with Crippen molar-refractivity contribution in [3.63, 3.8) is 0 Å². The molecule has 1 heterocycles. The van der Waals surface area contributed by atoms with Gasteiger partial charge < -0.3 is 38.2 Å². The fourth-order valence-electron chi connectivity index (χ4n) is 6.01. The van der Waals surface area contributed by atoms with Crippen LogP contribution < -0.4 is 0 Å². The summed E-state index contributed by atoms with van der Waals surface area (Å²) in [4.78, 5) is 52.4. The Morgan fingerprint density at radius 1 is 0.542 bits per heavy atom. The normalized spacial score (nSPS) is 20.9. The van der Waals surface area contributed by atoms with Crippen molar-refractivity contribution >= 4 is 23.9 Å². The first-order valence-electron chi connectivity index (χ1n) is 18.4. The highest BCUT2D eigenvalue weighted by atomic mass is 16.7. The molecule has 48 heavy (non-hydrogen) atoms. The first kappa shape index (κ1) is 43.7. The lowest BCUT2D eigenvalue weighted by atomic mass is 9.98. The predicted molar refractivity (Wildman–Crippen MR) is 183 cm³/mol. The van der Waals surface area contributed by atoms with Crippen LogP contribution in [0.1, 0.15) is 126 Å². The van der Waals surface area contributed by atoms with Gasteiger partial charge in [0.25, 0.3) is 0 Å². The lowest BCUT2D eigenvalue weighted by molar-refractivity contribution is -0.308. The van der Waals surface area contributed by atoms with Crippen molar-refractivity contribution in [2.45, 2.75) is 156 Å². The van der Waals surface area contributed by atoms with Gasteiger partial charge in [-0.1, -0.05) is 78.6 Å². The third kappa shape index (κ3) is 19.7. The average Bonchev–Trinajstić information content (AvgIpc) is 3.02. The molecule has 1 rings (SSSR count). The highest BCUT2D eigenvalue weighted by molar-refractivity contribution is 5.68. The van der Waals surface area contributed by atoms with Crippen LogP contribution in [0.3, 0.4) is 0 Å². The third-order valence-electron chi connectivity index (χ3n) is 8.52. The number of unbranched alkanes of at least 4 members (excludes halogenated alkanes) is 9. The lowest BCUT2D eigenvalue weighted by Crippen LogP contribution is -2.63. The van der Waals surface area contributed by atoms with E-state index in [2.05, 4.69) is 30.6 Å². The predicted octanol–water partition coefficient (Wildman–Crippen LogP) is 5.43. The highest BCUT2D eigenvalue weighted by Gasteiger charge is 2.52. The molecule has 12 nitrogen and oxygen atoms in total. The summed E-state index contributed by atoms with van der Waals surface area (Å²) >= 11 is 0. The molecule has 0 aromatic heterocycles. The van der Waals surface area contributed by atoms with E-state index in [4.69, 9.17) is 28.4 Å². The summed E-state index contributed by atoms with van der Waals surface area (Å²) in [5.74, 6) is -2.56. The number of rotatable bonds is 27. The van der Waals surface area contributed by atoms with Crippen LogP contribution in [0.2, 0.25) is 0 Å². The van der Waals surface area contributed by atoms with Gasteiger partial charge in [0.15, 0.2) is 24.6 Å². The summed E-state index contributed by atoms with van der Waals surface area (Å²) in [6.07, 6.45) is 9.45. The van der Waals surface area contributed by atoms with Gasteiger partial charge in [-0.05, 0) is 52.0 Å². The molecule has 1 fully saturated rings. The molecule has 0 N–H and O–H groups in total. The van der Waals surface area contributed by atoms with E-state index >= 15 is 0 Å². The molecule has 1 saturated heterocycles. The second kappa shape index (κ2) is 26.6. The Kier molecular flexibility index (Phi) is 24.2. The van der Waals surface area contributed by atoms with Crippen LogP contribution in [-0.2, 0) is 47.6 Å². The van der Waals surface area contributed by atoms with E-state index in [1.165, 1.54) is 91.9 Å². The summed E-state index contributed by atoms with van der Waals surface area (Å²) < 4.78 is 33.6. The van der Waals surface area contributed by atoms with Crippen LogP contribution >= 0.6 is 0 Å². The van der Waals surface area contributed by atoms with E-state index in [1.54, 1.807) is 0 Å². The number of hydrogen-bond acceptors (Lipinski definition) is 12. The number of nitrogens with zero attached hydrogens (tertiary/aromatic N) is 2. The Morgan fingerprint density at radius 2 is 1.00 bits per heavy atom. The molecule has 0 aliphatic carbocycles. The van der Waals surface area contributed by atoms with Crippen molar-refractivity contribution in [1.82, 2.24) is 9.80 Å². The van der Waals surface area contributed by atoms with Crippen molar-refractivity contribution in [3.8, 4) is 0 Å². The van der Waals surface area contributed by atoms with Crippen LogP contribution in [-0.4, -0.2) is 117 Å². The minimum absolute atomic E-state index is 0.268. The number of carbonyl (C=O) groups is 4. The number of hydrogen-bond donors (Lipinski definition) is 0. The van der Waals surface area contributed by atoms with Crippen LogP contribution in [0.25, 0.3) is 0 Å². The first-order valence-corrected chi connectivity index (χ1v) is 18.4. The Bertz CT molecular complexity index is 904. The SMILES string of the molecule is CCCCCCCCCCCCN(CC)CCCN(CC)CCCOC1OC(COC(C)=O)C(OC(C)=O)C(OC(C)=O)C1OC(C)=O. The van der Waals surface area contributed by atoms with Crippen molar-refractivity contribution in [3.05, 3.63) is 0 Å². The minimum Gasteiger partial charge on any atom is -0.463 e. The van der Waals surface area contributed by atoms with E-state index in [9.17, 15) is 19.2 Å². The third-order valence-corrected chi connectivity index (χ3v) is 8.52. The van der Waals surface area contributed by atoms with Gasteiger partial charge in [-0.15, -0.1) is 0 Å². The molecule has 0 saturated carbocycles. The molecule has 280 valence electrons. The van der Waals surface area contributed by atoms with Gasteiger partial charge in [-0.3, -0.25) is 19.2 Å². The Morgan fingerprint density at radius 3 is 1.50 bits per heavy atom. The van der Waals surface area contributed by atoms with E-state index in [1.807, 2.05) is 0 Å². The number of ether oxygens (including phenoxy) is 6. The quantitative estimate of drug-likeness (QED) is 0.0621. The Labute approximate surface area is 289 Å². The zero-order valence-electron chi connectivity index (χ0n) is 31.0. The van der Waals surface area contributed by atoms with Gasteiger partial charge in [-0.2, -0.15) is 0 Å². The molecule has 0 aromatic rings. The maximum Gasteiger partial charge on any atom is 0.303 e. The van der Waals surface area contributed by atoms with Crippen molar-refractivity contribution in [1.29, 1.82) is 0 Å². The molecular formula is C36H66N2O10. The zero-order chi connectivity index (χ0) is 35.7. The van der Waals surface area contributed by atoms with E-state index in [0.29, 0.717) is 6.42 Å². The van der Waals surface area contributed by atoms with Gasteiger partial charge in [-0.25, -0.2) is 0 Å². The van der Waals surface area contributed by atoms with Crippen molar-refractivity contribution < 1.29 is 47.6 Å². The topological polar surface area (TPSA) is 130 Å². The summed E-state index contributed by atoms with van der Waals surface area (Å²) in [7, 11) is 0. The molecule has 0 aromatic carbocycles. The highest BCUT2D eigenvalue weighted by Crippen LogP contribution is 2.30. The van der Waals surface area contributed by atoms with Gasteiger partial charge in [0.05, 0.1) is 6.61 Å². The summed E-state index contributed by atoms with van der Waals surface area (Å²) in [6.45, 7) is 17.4. The molecular weight excluding hydrogens is 620 g/mol. The summed E-state index contributed by atoms with van der Waals surface area (Å²) in [5.41, 5.74) is 0. The fraction of sp³-hybridized carbons (Fsp3) is 0.889. The van der Waals surface area contributed by atoms with Gasteiger partial charge in [0.2, 0.25) is 0 Å². The number of carbonyl (C=O) groups excluding carboxylic acids is 4. The second-order valence-corrected chi connectivity index (χ2v) is 12.7. The summed E-state index contributed by atoms with van der Waals surface area (Å²) in [6, 6.07) is 0. The fourth-order valence-corrected chi connectivity index (χ4v) is 6.01. The van der Waals surface area contributed by atoms with Crippen LogP contribution in [0.4, 0.5) is 0 Å². The molecule has 0 amide bonds. The average molecular weight is 687 g/mol. The zero-order valence-corrected chi connectivity index (χ0v) is 31.0. The van der Waals surface area contributed by atoms with E-state index in [-0.39, 0.29) is 13.2 Å². The molecule has 5 unspecified atom stereocenters. The molecule has 5 atom stereocenters. The molecule has 0 spiro atoms. The van der Waals surface area contributed by atoms with Gasteiger partial charge in [0, 0.05) is 34.2 Å². The summed E-state index contributed by atoms with van der Waals surface area (Å²) in [5, 5.41) is 0. The first-order chi connectivity index (χ1) is 23.0. The van der Waals surface area contributed by atoms with E-state index < -0.39 is 54.6 Å². The van der Waals surface area contributed by atoms with E-state index in [0.717, 1.165) is 45.7 Å². The maximum atomic E-state index is 12.0. The Hall–Kier alpha value is -2.28. The van der Waals surface area contributed by atoms with Crippen LogP contribution in [0.15, 0.2) is 0 Å². The smallest absolute Gasteiger partial charge is 0.303 e. The van der Waals surface area contributed by atoms with Crippen LogP contribution in [0, 0.1) is 0 Å². The molecule has 1 aliphatic heterocycles. The number of esters is 4. The Balaban J connectivity index is 2.59.